The third-order valence-electron chi connectivity index (χ3n) is 2.70. The number of nitrogen functional groups attached to an aromatic ring is 1. The predicted molar refractivity (Wildman–Crippen MR) is 72.4 cm³/mol. The number of rotatable bonds is 3. The third kappa shape index (κ3) is 3.95. The molecule has 0 aliphatic carbocycles. The molecule has 0 aliphatic heterocycles. The van der Waals surface area contributed by atoms with E-state index in [1.165, 1.54) is 24.4 Å². The fourth-order valence-electron chi connectivity index (χ4n) is 1.74. The van der Waals surface area contributed by atoms with Gasteiger partial charge in [-0.05, 0) is 24.3 Å². The molecule has 0 aliphatic rings. The van der Waals surface area contributed by atoms with Gasteiger partial charge in [0.15, 0.2) is 0 Å². The van der Waals surface area contributed by atoms with Gasteiger partial charge in [0.25, 0.3) is 0 Å². The van der Waals surface area contributed by atoms with Crippen LogP contribution in [0.5, 0.6) is 0 Å². The number of amides is 1. The Morgan fingerprint density at radius 3 is 2.52 bits per heavy atom. The second-order valence-corrected chi connectivity index (χ2v) is 4.35. The maximum absolute atomic E-state index is 12.8. The van der Waals surface area contributed by atoms with Crippen molar-refractivity contribution in [2.75, 3.05) is 11.1 Å². The van der Waals surface area contributed by atoms with Crippen LogP contribution in [0.1, 0.15) is 11.3 Å². The van der Waals surface area contributed by atoms with E-state index < -0.39 is 17.6 Å². The van der Waals surface area contributed by atoms with Crippen molar-refractivity contribution in [3.63, 3.8) is 0 Å². The number of anilines is 2. The van der Waals surface area contributed by atoms with E-state index in [4.69, 9.17) is 5.73 Å². The number of alkyl halides is 3. The second-order valence-electron chi connectivity index (χ2n) is 4.35. The first-order chi connectivity index (χ1) is 9.86. The maximum atomic E-state index is 12.8. The van der Waals surface area contributed by atoms with Crippen molar-refractivity contribution < 1.29 is 18.0 Å². The second kappa shape index (κ2) is 5.82. The number of hydrogen-bond acceptors (Lipinski definition) is 3. The van der Waals surface area contributed by atoms with Gasteiger partial charge in [0.1, 0.15) is 0 Å². The summed E-state index contributed by atoms with van der Waals surface area (Å²) in [4.78, 5) is 15.7. The van der Waals surface area contributed by atoms with Gasteiger partial charge in [-0.15, -0.1) is 0 Å². The van der Waals surface area contributed by atoms with Crippen LogP contribution in [0, 0.1) is 0 Å². The van der Waals surface area contributed by atoms with Crippen LogP contribution in [0.3, 0.4) is 0 Å². The van der Waals surface area contributed by atoms with Gasteiger partial charge in [-0.25, -0.2) is 0 Å². The first-order valence-electron chi connectivity index (χ1n) is 6.03. The van der Waals surface area contributed by atoms with Crippen LogP contribution in [0.4, 0.5) is 24.5 Å². The van der Waals surface area contributed by atoms with Crippen LogP contribution >= 0.6 is 0 Å². The smallest absolute Gasteiger partial charge is 0.397 e. The van der Waals surface area contributed by atoms with Gasteiger partial charge >= 0.3 is 6.18 Å². The first-order valence-corrected chi connectivity index (χ1v) is 6.03. The molecule has 1 amide bonds. The molecule has 7 heteroatoms. The Kier molecular flexibility index (Phi) is 4.11. The molecule has 1 aromatic heterocycles. The molecule has 110 valence electrons. The van der Waals surface area contributed by atoms with Gasteiger partial charge < -0.3 is 11.1 Å². The lowest BCUT2D eigenvalue weighted by Crippen LogP contribution is -2.18. The summed E-state index contributed by atoms with van der Waals surface area (Å²) in [6.07, 6.45) is -3.28. The van der Waals surface area contributed by atoms with Crippen LogP contribution < -0.4 is 11.1 Å². The monoisotopic (exact) mass is 295 g/mol. The van der Waals surface area contributed by atoms with Gasteiger partial charge in [0.05, 0.1) is 29.6 Å². The van der Waals surface area contributed by atoms with Gasteiger partial charge in [-0.3, -0.25) is 9.78 Å². The number of halogens is 3. The van der Waals surface area contributed by atoms with Gasteiger partial charge in [0.2, 0.25) is 5.91 Å². The Morgan fingerprint density at radius 2 is 1.90 bits per heavy atom. The molecule has 0 saturated carbocycles. The molecule has 1 aromatic carbocycles. The zero-order valence-corrected chi connectivity index (χ0v) is 10.8. The fraction of sp³-hybridized carbons (Fsp3) is 0.143. The van der Waals surface area contributed by atoms with Crippen LogP contribution in [-0.4, -0.2) is 10.9 Å². The Morgan fingerprint density at radius 1 is 1.19 bits per heavy atom. The summed E-state index contributed by atoms with van der Waals surface area (Å²) >= 11 is 0. The van der Waals surface area contributed by atoms with E-state index in [2.05, 4.69) is 10.3 Å². The Bertz CT molecular complexity index is 639. The minimum atomic E-state index is -4.52. The van der Waals surface area contributed by atoms with Crippen molar-refractivity contribution in [2.45, 2.75) is 12.6 Å². The highest BCUT2D eigenvalue weighted by Crippen LogP contribution is 2.34. The van der Waals surface area contributed by atoms with Crippen molar-refractivity contribution in [3.05, 3.63) is 53.9 Å². The summed E-state index contributed by atoms with van der Waals surface area (Å²) in [6, 6.07) is 7.92. The van der Waals surface area contributed by atoms with E-state index in [9.17, 15) is 18.0 Å². The van der Waals surface area contributed by atoms with Crippen molar-refractivity contribution in [3.8, 4) is 0 Å². The van der Waals surface area contributed by atoms with Gasteiger partial charge in [0, 0.05) is 5.69 Å². The van der Waals surface area contributed by atoms with Gasteiger partial charge in [-0.1, -0.05) is 12.1 Å². The minimum absolute atomic E-state index is 0.132. The molecule has 2 rings (SSSR count). The summed E-state index contributed by atoms with van der Waals surface area (Å²) < 4.78 is 38.4. The molecule has 4 nitrogen and oxygen atoms in total. The highest BCUT2D eigenvalue weighted by atomic mass is 19.4. The van der Waals surface area contributed by atoms with E-state index in [-0.39, 0.29) is 12.1 Å². The number of para-hydroxylation sites is 1. The zero-order valence-electron chi connectivity index (χ0n) is 10.8. The van der Waals surface area contributed by atoms with Crippen LogP contribution in [0.25, 0.3) is 0 Å². The number of pyridine rings is 1. The minimum Gasteiger partial charge on any atom is -0.397 e. The summed E-state index contributed by atoms with van der Waals surface area (Å²) in [5.74, 6) is -0.580. The topological polar surface area (TPSA) is 68.0 Å². The van der Waals surface area contributed by atoms with Gasteiger partial charge in [-0.2, -0.15) is 13.2 Å². The fourth-order valence-corrected chi connectivity index (χ4v) is 1.74. The standard InChI is InChI=1S/C14H12F3N3O/c15-14(16,17)11-3-1-2-4-12(11)20-13(21)7-10-6-5-9(18)8-19-10/h1-6,8H,7,18H2,(H,20,21). The molecule has 0 bridgehead atoms. The van der Waals surface area contributed by atoms with E-state index >= 15 is 0 Å². The van der Waals surface area contributed by atoms with E-state index in [0.29, 0.717) is 11.4 Å². The van der Waals surface area contributed by atoms with Crippen molar-refractivity contribution in [1.82, 2.24) is 4.98 Å². The number of aromatic nitrogens is 1. The molecule has 0 atom stereocenters. The SMILES string of the molecule is Nc1ccc(CC(=O)Nc2ccccc2C(F)(F)F)nc1. The van der Waals surface area contributed by atoms with Crippen LogP contribution in [-0.2, 0) is 17.4 Å². The number of nitrogens with two attached hydrogens (primary N) is 1. The van der Waals surface area contributed by atoms with Crippen molar-refractivity contribution >= 4 is 17.3 Å². The molecule has 1 heterocycles. The average Bonchev–Trinajstić information content (AvgIpc) is 2.41. The Hall–Kier alpha value is -2.57. The summed E-state index contributed by atoms with van der Waals surface area (Å²) in [6.45, 7) is 0. The third-order valence-corrected chi connectivity index (χ3v) is 2.70. The number of benzene rings is 1. The number of carbonyl (C=O) groups excluding carboxylic acids is 1. The molecule has 3 N–H and O–H groups in total. The van der Waals surface area contributed by atoms with Crippen LogP contribution in [0.15, 0.2) is 42.6 Å². The highest BCUT2D eigenvalue weighted by Gasteiger charge is 2.33. The molecule has 0 unspecified atom stereocenters. The maximum Gasteiger partial charge on any atom is 0.418 e. The molecule has 2 aromatic rings. The summed E-state index contributed by atoms with van der Waals surface area (Å²) in [7, 11) is 0. The number of nitrogens with zero attached hydrogens (tertiary/aromatic N) is 1. The summed E-state index contributed by atoms with van der Waals surface area (Å²) in [5, 5.41) is 2.25. The molecular weight excluding hydrogens is 283 g/mol. The lowest BCUT2D eigenvalue weighted by Gasteiger charge is -2.13. The lowest BCUT2D eigenvalue weighted by atomic mass is 10.1. The normalized spacial score (nSPS) is 11.2. The lowest BCUT2D eigenvalue weighted by molar-refractivity contribution is -0.137. The molecular formula is C14H12F3N3O. The van der Waals surface area contributed by atoms with E-state index in [1.807, 2.05) is 0 Å². The first kappa shape index (κ1) is 14.8. The van der Waals surface area contributed by atoms with Crippen molar-refractivity contribution in [2.24, 2.45) is 0 Å². The van der Waals surface area contributed by atoms with Crippen LogP contribution in [0.2, 0.25) is 0 Å². The Labute approximate surface area is 118 Å². The molecule has 0 fully saturated rings. The largest absolute Gasteiger partial charge is 0.418 e. The van der Waals surface area contributed by atoms with E-state index in [0.717, 1.165) is 6.07 Å². The quantitative estimate of drug-likeness (QED) is 0.915. The Balaban J connectivity index is 2.11. The van der Waals surface area contributed by atoms with Crippen molar-refractivity contribution in [1.29, 1.82) is 0 Å². The molecule has 21 heavy (non-hydrogen) atoms. The highest BCUT2D eigenvalue weighted by molar-refractivity contribution is 5.92. The molecule has 0 spiro atoms. The molecule has 0 saturated heterocycles. The zero-order chi connectivity index (χ0) is 15.5. The predicted octanol–water partition coefficient (Wildman–Crippen LogP) is 2.86. The molecule has 0 radical (unpaired) electrons. The average molecular weight is 295 g/mol. The number of nitrogens with one attached hydrogen (secondary N) is 1. The summed E-state index contributed by atoms with van der Waals surface area (Å²) in [5.41, 5.74) is 5.17. The van der Waals surface area contributed by atoms with E-state index in [1.54, 1.807) is 12.1 Å². The number of carbonyl (C=O) groups is 1. The number of hydrogen-bond donors (Lipinski definition) is 2.